The number of hydrogen-bond acceptors (Lipinski definition) is 4. The molecule has 0 saturated heterocycles. The summed E-state index contributed by atoms with van der Waals surface area (Å²) < 4.78 is 15.8. The second kappa shape index (κ2) is 7.70. The first-order chi connectivity index (χ1) is 11.1. The van der Waals surface area contributed by atoms with Crippen molar-refractivity contribution in [3.8, 4) is 17.2 Å². The molecule has 0 bridgehead atoms. The van der Waals surface area contributed by atoms with Crippen LogP contribution < -0.4 is 14.2 Å². The van der Waals surface area contributed by atoms with Crippen LogP contribution in [0, 0.1) is 0 Å². The zero-order valence-corrected chi connectivity index (χ0v) is 13.9. The molecule has 0 fully saturated rings. The predicted molar refractivity (Wildman–Crippen MR) is 90.9 cm³/mol. The molecule has 0 atom stereocenters. The van der Waals surface area contributed by atoms with Gasteiger partial charge in [-0.1, -0.05) is 29.8 Å². The summed E-state index contributed by atoms with van der Waals surface area (Å²) in [7, 11) is 4.51. The maximum absolute atomic E-state index is 12.4. The number of halogens is 1. The Bertz CT molecular complexity index is 721. The SMILES string of the molecule is COc1ccc(C(=O)C=Cc2ccc(Cl)cc2)c(OC)c1OC. The number of ether oxygens (including phenoxy) is 3. The normalized spacial score (nSPS) is 10.6. The van der Waals surface area contributed by atoms with Crippen molar-refractivity contribution in [2.75, 3.05) is 21.3 Å². The monoisotopic (exact) mass is 332 g/mol. The average molecular weight is 333 g/mol. The van der Waals surface area contributed by atoms with Gasteiger partial charge in [0, 0.05) is 5.02 Å². The quantitative estimate of drug-likeness (QED) is 0.585. The first kappa shape index (κ1) is 16.9. The minimum Gasteiger partial charge on any atom is -0.493 e. The number of ketones is 1. The highest BCUT2D eigenvalue weighted by Gasteiger charge is 2.19. The number of hydrogen-bond donors (Lipinski definition) is 0. The summed E-state index contributed by atoms with van der Waals surface area (Å²) in [5, 5.41) is 0.648. The van der Waals surface area contributed by atoms with Crippen LogP contribution in [0.1, 0.15) is 15.9 Å². The van der Waals surface area contributed by atoms with E-state index in [-0.39, 0.29) is 5.78 Å². The lowest BCUT2D eigenvalue weighted by atomic mass is 10.1. The summed E-state index contributed by atoms with van der Waals surface area (Å²) >= 11 is 5.84. The highest BCUT2D eigenvalue weighted by molar-refractivity contribution is 6.30. The second-order valence-corrected chi connectivity index (χ2v) is 5.07. The number of carbonyl (C=O) groups excluding carboxylic acids is 1. The van der Waals surface area contributed by atoms with Gasteiger partial charge in [-0.2, -0.15) is 0 Å². The summed E-state index contributed by atoms with van der Waals surface area (Å²) in [4.78, 5) is 12.4. The van der Waals surface area contributed by atoms with Gasteiger partial charge < -0.3 is 14.2 Å². The molecule has 0 aliphatic rings. The Kier molecular flexibility index (Phi) is 5.66. The Labute approximate surface area is 140 Å². The van der Waals surface area contributed by atoms with E-state index < -0.39 is 0 Å². The van der Waals surface area contributed by atoms with E-state index in [1.54, 1.807) is 30.3 Å². The Balaban J connectivity index is 2.33. The summed E-state index contributed by atoms with van der Waals surface area (Å²) in [6, 6.07) is 10.5. The van der Waals surface area contributed by atoms with Crippen molar-refractivity contribution < 1.29 is 19.0 Å². The van der Waals surface area contributed by atoms with Crippen molar-refractivity contribution in [2.45, 2.75) is 0 Å². The maximum Gasteiger partial charge on any atom is 0.204 e. The van der Waals surface area contributed by atoms with Crippen LogP contribution in [0.4, 0.5) is 0 Å². The van der Waals surface area contributed by atoms with Crippen LogP contribution in [0.15, 0.2) is 42.5 Å². The molecule has 0 saturated carbocycles. The highest BCUT2D eigenvalue weighted by atomic mass is 35.5. The molecule has 120 valence electrons. The molecule has 0 unspecified atom stereocenters. The van der Waals surface area contributed by atoms with Crippen molar-refractivity contribution in [2.24, 2.45) is 0 Å². The number of methoxy groups -OCH3 is 3. The summed E-state index contributed by atoms with van der Waals surface area (Å²) in [6.07, 6.45) is 3.20. The number of allylic oxidation sites excluding steroid dienone is 1. The first-order valence-electron chi connectivity index (χ1n) is 6.87. The van der Waals surface area contributed by atoms with E-state index in [4.69, 9.17) is 25.8 Å². The molecule has 4 nitrogen and oxygen atoms in total. The molecule has 0 spiro atoms. The fraction of sp³-hybridized carbons (Fsp3) is 0.167. The minimum absolute atomic E-state index is 0.197. The average Bonchev–Trinajstić information content (AvgIpc) is 2.59. The van der Waals surface area contributed by atoms with Crippen LogP contribution in [0.3, 0.4) is 0 Å². The number of carbonyl (C=O) groups is 1. The number of rotatable bonds is 6. The van der Waals surface area contributed by atoms with Gasteiger partial charge in [-0.15, -0.1) is 0 Å². The van der Waals surface area contributed by atoms with E-state index in [1.165, 1.54) is 27.4 Å². The lowest BCUT2D eigenvalue weighted by Gasteiger charge is -2.14. The van der Waals surface area contributed by atoms with Gasteiger partial charge in [-0.25, -0.2) is 0 Å². The van der Waals surface area contributed by atoms with Crippen LogP contribution in [-0.2, 0) is 0 Å². The van der Waals surface area contributed by atoms with Crippen molar-refractivity contribution >= 4 is 23.5 Å². The fourth-order valence-corrected chi connectivity index (χ4v) is 2.26. The topological polar surface area (TPSA) is 44.8 Å². The Morgan fingerprint density at radius 1 is 0.913 bits per heavy atom. The lowest BCUT2D eigenvalue weighted by Crippen LogP contribution is -2.02. The van der Waals surface area contributed by atoms with Gasteiger partial charge in [-0.05, 0) is 35.9 Å². The lowest BCUT2D eigenvalue weighted by molar-refractivity contribution is 0.104. The van der Waals surface area contributed by atoms with Crippen LogP contribution >= 0.6 is 11.6 Å². The zero-order valence-electron chi connectivity index (χ0n) is 13.1. The largest absolute Gasteiger partial charge is 0.493 e. The van der Waals surface area contributed by atoms with Gasteiger partial charge in [0.15, 0.2) is 17.3 Å². The van der Waals surface area contributed by atoms with Crippen LogP contribution in [0.25, 0.3) is 6.08 Å². The van der Waals surface area contributed by atoms with Gasteiger partial charge >= 0.3 is 0 Å². The summed E-state index contributed by atoms with van der Waals surface area (Å²) in [5.74, 6) is 1.04. The molecule has 2 aromatic rings. The van der Waals surface area contributed by atoms with Gasteiger partial charge in [-0.3, -0.25) is 4.79 Å². The van der Waals surface area contributed by atoms with Crippen LogP contribution in [0.2, 0.25) is 5.02 Å². The Morgan fingerprint density at radius 2 is 1.57 bits per heavy atom. The van der Waals surface area contributed by atoms with E-state index >= 15 is 0 Å². The number of benzene rings is 2. The Hall–Kier alpha value is -2.46. The maximum atomic E-state index is 12.4. The van der Waals surface area contributed by atoms with Crippen molar-refractivity contribution in [1.82, 2.24) is 0 Å². The molecular formula is C18H17ClO4. The third-order valence-electron chi connectivity index (χ3n) is 3.27. The van der Waals surface area contributed by atoms with E-state index in [2.05, 4.69) is 0 Å². The molecule has 0 aromatic heterocycles. The third kappa shape index (κ3) is 3.85. The molecule has 0 aliphatic heterocycles. The van der Waals surface area contributed by atoms with E-state index in [0.717, 1.165) is 5.56 Å². The third-order valence-corrected chi connectivity index (χ3v) is 3.52. The van der Waals surface area contributed by atoms with E-state index in [9.17, 15) is 4.79 Å². The molecule has 5 heteroatoms. The minimum atomic E-state index is -0.197. The summed E-state index contributed by atoms with van der Waals surface area (Å²) in [5.41, 5.74) is 1.28. The zero-order chi connectivity index (χ0) is 16.8. The van der Waals surface area contributed by atoms with Crippen LogP contribution in [-0.4, -0.2) is 27.1 Å². The molecule has 2 rings (SSSR count). The molecule has 23 heavy (non-hydrogen) atoms. The van der Waals surface area contributed by atoms with Crippen molar-refractivity contribution in [1.29, 1.82) is 0 Å². The highest BCUT2D eigenvalue weighted by Crippen LogP contribution is 2.40. The fourth-order valence-electron chi connectivity index (χ4n) is 2.13. The van der Waals surface area contributed by atoms with E-state index in [0.29, 0.717) is 27.8 Å². The standard InChI is InChI=1S/C18H17ClO4/c1-21-16-11-9-14(17(22-2)18(16)23-3)15(20)10-6-12-4-7-13(19)8-5-12/h4-11H,1-3H3. The Morgan fingerprint density at radius 3 is 2.13 bits per heavy atom. The molecule has 0 N–H and O–H groups in total. The predicted octanol–water partition coefficient (Wildman–Crippen LogP) is 4.26. The molecule has 0 radical (unpaired) electrons. The second-order valence-electron chi connectivity index (χ2n) is 4.63. The molecule has 0 heterocycles. The van der Waals surface area contributed by atoms with Crippen molar-refractivity contribution in [3.05, 3.63) is 58.6 Å². The van der Waals surface area contributed by atoms with Gasteiger partial charge in [0.05, 0.1) is 26.9 Å². The first-order valence-corrected chi connectivity index (χ1v) is 7.25. The van der Waals surface area contributed by atoms with Crippen molar-refractivity contribution in [3.63, 3.8) is 0 Å². The molecule has 2 aromatic carbocycles. The van der Waals surface area contributed by atoms with Crippen LogP contribution in [0.5, 0.6) is 17.2 Å². The molecule has 0 amide bonds. The van der Waals surface area contributed by atoms with Gasteiger partial charge in [0.2, 0.25) is 5.75 Å². The summed E-state index contributed by atoms with van der Waals surface area (Å²) in [6.45, 7) is 0. The van der Waals surface area contributed by atoms with Gasteiger partial charge in [0.25, 0.3) is 0 Å². The van der Waals surface area contributed by atoms with Gasteiger partial charge in [0.1, 0.15) is 0 Å². The van der Waals surface area contributed by atoms with E-state index in [1.807, 2.05) is 12.1 Å². The molecular weight excluding hydrogens is 316 g/mol. The molecule has 0 aliphatic carbocycles. The smallest absolute Gasteiger partial charge is 0.204 e.